The highest BCUT2D eigenvalue weighted by molar-refractivity contribution is 4.86. The molecule has 0 radical (unpaired) electrons. The van der Waals surface area contributed by atoms with Gasteiger partial charge in [-0.25, -0.2) is 0 Å². The van der Waals surface area contributed by atoms with E-state index in [2.05, 4.69) is 48.0 Å². The Hall–Kier alpha value is 0. The predicted octanol–water partition coefficient (Wildman–Crippen LogP) is 3.53. The molecular weight excluding hydrogens is 120 g/mol. The van der Waals surface area contributed by atoms with Crippen LogP contribution in [0.2, 0.25) is 0 Å². The average Bonchev–Trinajstić information content (AvgIpc) is 1.86. The molecule has 10 heavy (non-hydrogen) atoms. The van der Waals surface area contributed by atoms with E-state index in [0.29, 0.717) is 5.41 Å². The smallest absolute Gasteiger partial charge is 0.0465 e. The molecule has 0 N–H and O–H groups in total. The van der Waals surface area contributed by atoms with Gasteiger partial charge in [-0.3, -0.25) is 0 Å². The molecule has 0 aromatic carbocycles. The summed E-state index contributed by atoms with van der Waals surface area (Å²) in [5, 5.41) is 0. The van der Waals surface area contributed by atoms with Crippen LogP contribution in [0.15, 0.2) is 0 Å². The van der Waals surface area contributed by atoms with Gasteiger partial charge in [0.15, 0.2) is 0 Å². The fourth-order valence-electron chi connectivity index (χ4n) is 1.12. The van der Waals surface area contributed by atoms with E-state index < -0.39 is 0 Å². The first-order valence-corrected chi connectivity index (χ1v) is 4.22. The third-order valence-corrected chi connectivity index (χ3v) is 2.92. The van der Waals surface area contributed by atoms with Crippen molar-refractivity contribution in [1.29, 1.82) is 0 Å². The fourth-order valence-corrected chi connectivity index (χ4v) is 1.12. The molecule has 0 aromatic heterocycles. The zero-order chi connectivity index (χ0) is 8.36. The van der Waals surface area contributed by atoms with Gasteiger partial charge in [0.25, 0.3) is 0 Å². The monoisotopic (exact) mass is 141 g/mol. The molecule has 62 valence electrons. The van der Waals surface area contributed by atoms with Gasteiger partial charge in [0.1, 0.15) is 0 Å². The first-order chi connectivity index (χ1) is 4.41. The highest BCUT2D eigenvalue weighted by Gasteiger charge is 2.18. The summed E-state index contributed by atoms with van der Waals surface area (Å²) in [5.74, 6) is 1.56. The topological polar surface area (TPSA) is 0 Å². The summed E-state index contributed by atoms with van der Waals surface area (Å²) in [7, 11) is 0. The molecule has 0 saturated carbocycles. The third-order valence-electron chi connectivity index (χ3n) is 2.92. The van der Waals surface area contributed by atoms with Gasteiger partial charge in [-0.15, -0.1) is 0 Å². The molecule has 0 nitrogen and oxygen atoms in total. The van der Waals surface area contributed by atoms with Gasteiger partial charge in [-0.1, -0.05) is 40.5 Å². The molecule has 0 amide bonds. The molecule has 0 fully saturated rings. The largest absolute Gasteiger partial charge is 0.326 e. The van der Waals surface area contributed by atoms with Crippen molar-refractivity contribution < 1.29 is 0 Å². The van der Waals surface area contributed by atoms with Crippen LogP contribution in [0.3, 0.4) is 0 Å². The van der Waals surface area contributed by atoms with E-state index in [4.69, 9.17) is 0 Å². The first kappa shape index (κ1) is 10.0. The van der Waals surface area contributed by atoms with Crippen LogP contribution < -0.4 is 0 Å². The lowest BCUT2D eigenvalue weighted by Crippen LogP contribution is -2.25. The molecular formula is C10H21-. The standard InChI is InChI=1S/C10H21/c1-7-10(5,6)9(4)8(2)3/h7-9H,1-6H3/q-1. The Bertz CT molecular complexity index is 90.2. The lowest BCUT2D eigenvalue weighted by molar-refractivity contribution is 0.214. The predicted molar refractivity (Wildman–Crippen MR) is 47.8 cm³/mol. The van der Waals surface area contributed by atoms with Gasteiger partial charge in [-0.05, 0) is 5.92 Å². The maximum Gasteiger partial charge on any atom is -0.0465 e. The van der Waals surface area contributed by atoms with Crippen molar-refractivity contribution in [2.24, 2.45) is 17.3 Å². The van der Waals surface area contributed by atoms with E-state index in [1.807, 2.05) is 0 Å². The molecule has 0 aliphatic carbocycles. The Balaban J connectivity index is 4.03. The maximum absolute atomic E-state index is 2.32. The maximum atomic E-state index is 2.32. The highest BCUT2D eigenvalue weighted by atomic mass is 14.3. The lowest BCUT2D eigenvalue weighted by atomic mass is 9.72. The van der Waals surface area contributed by atoms with Gasteiger partial charge in [0, 0.05) is 0 Å². The molecule has 0 aliphatic heterocycles. The zero-order valence-corrected chi connectivity index (χ0v) is 8.23. The fraction of sp³-hybridized carbons (Fsp3) is 0.900. The minimum Gasteiger partial charge on any atom is -0.326 e. The van der Waals surface area contributed by atoms with Crippen LogP contribution in [0, 0.1) is 23.7 Å². The Morgan fingerprint density at radius 2 is 1.50 bits per heavy atom. The molecule has 0 heterocycles. The summed E-state index contributed by atoms with van der Waals surface area (Å²) >= 11 is 0. The molecule has 1 atom stereocenters. The molecule has 0 heteroatoms. The van der Waals surface area contributed by atoms with Crippen LogP contribution in [0.4, 0.5) is 0 Å². The lowest BCUT2D eigenvalue weighted by Gasteiger charge is -2.41. The van der Waals surface area contributed by atoms with E-state index in [-0.39, 0.29) is 0 Å². The van der Waals surface area contributed by atoms with Crippen molar-refractivity contribution in [1.82, 2.24) is 0 Å². The molecule has 0 aliphatic rings. The summed E-state index contributed by atoms with van der Waals surface area (Å²) in [5.41, 5.74) is 0.397. The molecule has 0 spiro atoms. The van der Waals surface area contributed by atoms with Crippen molar-refractivity contribution in [2.75, 3.05) is 0 Å². The third kappa shape index (κ3) is 2.32. The van der Waals surface area contributed by atoms with Crippen LogP contribution >= 0.6 is 0 Å². The summed E-state index contributed by atoms with van der Waals surface area (Å²) in [4.78, 5) is 0. The van der Waals surface area contributed by atoms with Crippen LogP contribution in [0.25, 0.3) is 0 Å². The summed E-state index contributed by atoms with van der Waals surface area (Å²) in [6.45, 7) is 13.7. The van der Waals surface area contributed by atoms with Crippen LogP contribution in [-0.4, -0.2) is 0 Å². The van der Waals surface area contributed by atoms with Gasteiger partial charge in [0.2, 0.25) is 0 Å². The Morgan fingerprint density at radius 3 is 1.60 bits per heavy atom. The van der Waals surface area contributed by atoms with Crippen LogP contribution in [0.5, 0.6) is 0 Å². The van der Waals surface area contributed by atoms with E-state index in [9.17, 15) is 0 Å². The number of hydrogen-bond donors (Lipinski definition) is 0. The van der Waals surface area contributed by atoms with Crippen molar-refractivity contribution in [3.05, 3.63) is 6.42 Å². The van der Waals surface area contributed by atoms with E-state index in [1.54, 1.807) is 0 Å². The SMILES string of the molecule is C[CH-]C(C)(C)C(C)C(C)C. The Labute approximate surface area is 66.0 Å². The first-order valence-electron chi connectivity index (χ1n) is 4.22. The van der Waals surface area contributed by atoms with Crippen molar-refractivity contribution >= 4 is 0 Å². The summed E-state index contributed by atoms with van der Waals surface area (Å²) < 4.78 is 0. The van der Waals surface area contributed by atoms with Crippen molar-refractivity contribution in [3.8, 4) is 0 Å². The van der Waals surface area contributed by atoms with Gasteiger partial charge >= 0.3 is 0 Å². The quantitative estimate of drug-likeness (QED) is 0.527. The second-order valence-electron chi connectivity index (χ2n) is 4.14. The minimum atomic E-state index is 0.397. The molecule has 0 saturated heterocycles. The van der Waals surface area contributed by atoms with E-state index in [1.165, 1.54) is 0 Å². The normalized spacial score (nSPS) is 15.9. The Kier molecular flexibility index (Phi) is 3.41. The average molecular weight is 141 g/mol. The number of hydrogen-bond acceptors (Lipinski definition) is 0. The molecule has 0 rings (SSSR count). The number of rotatable bonds is 3. The zero-order valence-electron chi connectivity index (χ0n) is 8.23. The second-order valence-corrected chi connectivity index (χ2v) is 4.14. The van der Waals surface area contributed by atoms with Crippen molar-refractivity contribution in [3.63, 3.8) is 0 Å². The molecule has 0 bridgehead atoms. The van der Waals surface area contributed by atoms with Crippen molar-refractivity contribution in [2.45, 2.75) is 41.5 Å². The minimum absolute atomic E-state index is 0.397. The highest BCUT2D eigenvalue weighted by Crippen LogP contribution is 2.34. The van der Waals surface area contributed by atoms with Crippen LogP contribution in [0.1, 0.15) is 41.5 Å². The van der Waals surface area contributed by atoms with Gasteiger partial charge < -0.3 is 6.42 Å². The van der Waals surface area contributed by atoms with Gasteiger partial charge in [-0.2, -0.15) is 12.3 Å². The second kappa shape index (κ2) is 3.41. The molecule has 0 aromatic rings. The van der Waals surface area contributed by atoms with E-state index in [0.717, 1.165) is 11.8 Å². The van der Waals surface area contributed by atoms with Crippen LogP contribution in [-0.2, 0) is 0 Å². The molecule has 1 unspecified atom stereocenters. The summed E-state index contributed by atoms with van der Waals surface area (Å²) in [6.07, 6.45) is 2.30. The Morgan fingerprint density at radius 1 is 1.10 bits per heavy atom. The van der Waals surface area contributed by atoms with E-state index >= 15 is 0 Å². The van der Waals surface area contributed by atoms with Gasteiger partial charge in [0.05, 0.1) is 0 Å². The summed E-state index contributed by atoms with van der Waals surface area (Å²) in [6, 6.07) is 0.